The number of ether oxygens (including phenoxy) is 1. The van der Waals surface area contributed by atoms with Crippen molar-refractivity contribution < 1.29 is 4.74 Å². The summed E-state index contributed by atoms with van der Waals surface area (Å²) < 4.78 is 5.42. The van der Waals surface area contributed by atoms with Crippen LogP contribution < -0.4 is 10.6 Å². The molecule has 0 bridgehead atoms. The van der Waals surface area contributed by atoms with Gasteiger partial charge in [-0.1, -0.05) is 12.1 Å². The first kappa shape index (κ1) is 12.4. The van der Waals surface area contributed by atoms with E-state index in [1.54, 1.807) is 0 Å². The highest BCUT2D eigenvalue weighted by atomic mass is 16.5. The first-order chi connectivity index (χ1) is 8.16. The fraction of sp³-hybridized carbons (Fsp3) is 0.571. The van der Waals surface area contributed by atoms with E-state index in [1.807, 2.05) is 6.92 Å². The molecule has 3 nitrogen and oxygen atoms in total. The van der Waals surface area contributed by atoms with E-state index in [0.29, 0.717) is 6.04 Å². The van der Waals surface area contributed by atoms with E-state index in [2.05, 4.69) is 36.2 Å². The highest BCUT2D eigenvalue weighted by molar-refractivity contribution is 5.48. The van der Waals surface area contributed by atoms with E-state index < -0.39 is 0 Å². The van der Waals surface area contributed by atoms with Crippen molar-refractivity contribution in [3.05, 3.63) is 29.8 Å². The third-order valence-corrected chi connectivity index (χ3v) is 3.35. The number of nitrogens with zero attached hydrogens (tertiary/aromatic N) is 1. The van der Waals surface area contributed by atoms with Crippen LogP contribution in [-0.4, -0.2) is 32.3 Å². The minimum atomic E-state index is 0.224. The van der Waals surface area contributed by atoms with Gasteiger partial charge in [0.2, 0.25) is 0 Å². The molecule has 1 fully saturated rings. The molecule has 2 rings (SSSR count). The van der Waals surface area contributed by atoms with E-state index in [9.17, 15) is 0 Å². The molecule has 94 valence electrons. The van der Waals surface area contributed by atoms with Crippen molar-refractivity contribution in [3.63, 3.8) is 0 Å². The van der Waals surface area contributed by atoms with Gasteiger partial charge in [0, 0.05) is 25.4 Å². The quantitative estimate of drug-likeness (QED) is 0.863. The van der Waals surface area contributed by atoms with Crippen molar-refractivity contribution in [2.45, 2.75) is 31.8 Å². The van der Waals surface area contributed by atoms with Crippen LogP contribution in [0.1, 0.15) is 18.9 Å². The number of hydrogen-bond acceptors (Lipinski definition) is 3. The summed E-state index contributed by atoms with van der Waals surface area (Å²) in [5.41, 5.74) is 8.36. The Morgan fingerprint density at radius 3 is 2.65 bits per heavy atom. The molecule has 1 aliphatic heterocycles. The molecule has 1 aliphatic rings. The van der Waals surface area contributed by atoms with Crippen LogP contribution in [0, 0.1) is 0 Å². The summed E-state index contributed by atoms with van der Waals surface area (Å²) in [5.74, 6) is 0. The Labute approximate surface area is 104 Å². The van der Waals surface area contributed by atoms with Gasteiger partial charge in [-0.25, -0.2) is 0 Å². The molecule has 17 heavy (non-hydrogen) atoms. The highest BCUT2D eigenvalue weighted by Crippen LogP contribution is 2.20. The normalized spacial score (nSPS) is 21.5. The minimum Gasteiger partial charge on any atom is -0.379 e. The fourth-order valence-corrected chi connectivity index (χ4v) is 2.28. The third-order valence-electron chi connectivity index (χ3n) is 3.35. The zero-order valence-electron chi connectivity index (χ0n) is 10.7. The zero-order chi connectivity index (χ0) is 12.3. The highest BCUT2D eigenvalue weighted by Gasteiger charge is 2.20. The molecule has 2 unspecified atom stereocenters. The van der Waals surface area contributed by atoms with Crippen LogP contribution in [0.3, 0.4) is 0 Å². The fourth-order valence-electron chi connectivity index (χ4n) is 2.28. The molecule has 1 aromatic carbocycles. The molecule has 0 aromatic heterocycles. The number of hydrogen-bond donors (Lipinski definition) is 1. The van der Waals surface area contributed by atoms with E-state index in [0.717, 1.165) is 26.1 Å². The summed E-state index contributed by atoms with van der Waals surface area (Å²) in [6.45, 7) is 3.77. The first-order valence-electron chi connectivity index (χ1n) is 6.32. The molecule has 0 amide bonds. The summed E-state index contributed by atoms with van der Waals surface area (Å²) in [5, 5.41) is 0. The topological polar surface area (TPSA) is 38.5 Å². The molecule has 1 heterocycles. The Morgan fingerprint density at radius 2 is 2.12 bits per heavy atom. The number of likely N-dealkylation sites (N-methyl/N-ethyl adjacent to an activating group) is 1. The molecule has 0 spiro atoms. The van der Waals surface area contributed by atoms with Crippen molar-refractivity contribution in [1.82, 2.24) is 0 Å². The molecule has 2 atom stereocenters. The number of nitrogens with two attached hydrogens (primary N) is 1. The van der Waals surface area contributed by atoms with Gasteiger partial charge < -0.3 is 15.4 Å². The summed E-state index contributed by atoms with van der Waals surface area (Å²) >= 11 is 0. The first-order valence-corrected chi connectivity index (χ1v) is 6.32. The lowest BCUT2D eigenvalue weighted by Crippen LogP contribution is -2.31. The third kappa shape index (κ3) is 3.20. The Kier molecular flexibility index (Phi) is 4.02. The molecule has 3 heteroatoms. The van der Waals surface area contributed by atoms with Gasteiger partial charge in [-0.15, -0.1) is 0 Å². The van der Waals surface area contributed by atoms with Crippen molar-refractivity contribution >= 4 is 5.69 Å². The standard InChI is InChI=1S/C14H22N2O/c1-11(15)9-12-3-5-13(6-4-12)16(2)14-7-8-17-10-14/h3-6,11,14H,7-10,15H2,1-2H3. The molecule has 0 aliphatic carbocycles. The Morgan fingerprint density at radius 1 is 1.41 bits per heavy atom. The average molecular weight is 234 g/mol. The number of benzene rings is 1. The predicted molar refractivity (Wildman–Crippen MR) is 71.4 cm³/mol. The van der Waals surface area contributed by atoms with E-state index >= 15 is 0 Å². The maximum atomic E-state index is 5.79. The molecular formula is C14H22N2O. The average Bonchev–Trinajstić information content (AvgIpc) is 2.82. The van der Waals surface area contributed by atoms with Crippen LogP contribution in [0.25, 0.3) is 0 Å². The summed E-state index contributed by atoms with van der Waals surface area (Å²) in [4.78, 5) is 2.31. The van der Waals surface area contributed by atoms with Gasteiger partial charge in [-0.2, -0.15) is 0 Å². The molecule has 1 saturated heterocycles. The summed E-state index contributed by atoms with van der Waals surface area (Å²) in [6.07, 6.45) is 2.06. The second kappa shape index (κ2) is 5.52. The van der Waals surface area contributed by atoms with Crippen LogP contribution in [0.4, 0.5) is 5.69 Å². The van der Waals surface area contributed by atoms with Gasteiger partial charge in [-0.3, -0.25) is 0 Å². The lowest BCUT2D eigenvalue weighted by Gasteiger charge is -2.25. The largest absolute Gasteiger partial charge is 0.379 e. The molecule has 0 saturated carbocycles. The second-order valence-electron chi connectivity index (χ2n) is 4.98. The number of anilines is 1. The van der Waals surface area contributed by atoms with Crippen molar-refractivity contribution in [3.8, 4) is 0 Å². The van der Waals surface area contributed by atoms with Crippen LogP contribution in [-0.2, 0) is 11.2 Å². The van der Waals surface area contributed by atoms with Crippen LogP contribution in [0.2, 0.25) is 0 Å². The predicted octanol–water partition coefficient (Wildman–Crippen LogP) is 1.80. The zero-order valence-corrected chi connectivity index (χ0v) is 10.7. The van der Waals surface area contributed by atoms with Gasteiger partial charge in [0.25, 0.3) is 0 Å². The van der Waals surface area contributed by atoms with Crippen LogP contribution in [0.5, 0.6) is 0 Å². The lowest BCUT2D eigenvalue weighted by atomic mass is 10.1. The maximum absolute atomic E-state index is 5.79. The molecular weight excluding hydrogens is 212 g/mol. The van der Waals surface area contributed by atoms with Crippen LogP contribution in [0.15, 0.2) is 24.3 Å². The van der Waals surface area contributed by atoms with Crippen molar-refractivity contribution in [1.29, 1.82) is 0 Å². The van der Waals surface area contributed by atoms with Crippen LogP contribution >= 0.6 is 0 Å². The second-order valence-corrected chi connectivity index (χ2v) is 4.98. The number of rotatable bonds is 4. The van der Waals surface area contributed by atoms with Gasteiger partial charge in [0.15, 0.2) is 0 Å². The SMILES string of the molecule is CC(N)Cc1ccc(N(C)C2CCOC2)cc1. The maximum Gasteiger partial charge on any atom is 0.0670 e. The van der Waals surface area contributed by atoms with Gasteiger partial charge in [0.1, 0.15) is 0 Å². The Bertz CT molecular complexity index is 342. The van der Waals surface area contributed by atoms with Gasteiger partial charge in [-0.05, 0) is 37.5 Å². The molecule has 1 aromatic rings. The van der Waals surface area contributed by atoms with Gasteiger partial charge in [0.05, 0.1) is 12.6 Å². The summed E-state index contributed by atoms with van der Waals surface area (Å²) in [6, 6.07) is 9.44. The van der Waals surface area contributed by atoms with E-state index in [1.165, 1.54) is 11.3 Å². The molecule has 2 N–H and O–H groups in total. The monoisotopic (exact) mass is 234 g/mol. The Hall–Kier alpha value is -1.06. The van der Waals surface area contributed by atoms with Crippen molar-refractivity contribution in [2.75, 3.05) is 25.2 Å². The Balaban J connectivity index is 2.01. The van der Waals surface area contributed by atoms with Crippen molar-refractivity contribution in [2.24, 2.45) is 5.73 Å². The van der Waals surface area contributed by atoms with Gasteiger partial charge >= 0.3 is 0 Å². The van der Waals surface area contributed by atoms with E-state index in [-0.39, 0.29) is 6.04 Å². The molecule has 0 radical (unpaired) electrons. The minimum absolute atomic E-state index is 0.224. The van der Waals surface area contributed by atoms with E-state index in [4.69, 9.17) is 10.5 Å². The lowest BCUT2D eigenvalue weighted by molar-refractivity contribution is 0.193. The smallest absolute Gasteiger partial charge is 0.0670 e. The summed E-state index contributed by atoms with van der Waals surface area (Å²) in [7, 11) is 2.14.